The molecule has 1 aliphatic carbocycles. The third kappa shape index (κ3) is 2.92. The number of carbonyl (C=O) groups is 2. The summed E-state index contributed by atoms with van der Waals surface area (Å²) in [5.74, 6) is -1.49. The van der Waals surface area contributed by atoms with Crippen molar-refractivity contribution in [2.45, 2.75) is 30.6 Å². The van der Waals surface area contributed by atoms with Crippen LogP contribution in [-0.4, -0.2) is 36.4 Å². The summed E-state index contributed by atoms with van der Waals surface area (Å²) in [7, 11) is -3.44. The van der Waals surface area contributed by atoms with Crippen LogP contribution in [0.2, 0.25) is 0 Å². The van der Waals surface area contributed by atoms with Crippen LogP contribution in [0.4, 0.5) is 0 Å². The molecule has 0 atom stereocenters. The molecule has 0 saturated heterocycles. The van der Waals surface area contributed by atoms with Crippen LogP contribution in [0.5, 0.6) is 0 Å². The first-order valence-electron chi connectivity index (χ1n) is 6.56. The summed E-state index contributed by atoms with van der Waals surface area (Å²) in [6.07, 6.45) is 2.53. The zero-order valence-electron chi connectivity index (χ0n) is 11.6. The molecule has 6 nitrogen and oxygen atoms in total. The Hall–Kier alpha value is -1.89. The molecule has 0 aliphatic heterocycles. The quantitative estimate of drug-likeness (QED) is 0.844. The fourth-order valence-corrected chi connectivity index (χ4v) is 3.81. The van der Waals surface area contributed by atoms with Gasteiger partial charge in [0.05, 0.1) is 5.56 Å². The maximum absolute atomic E-state index is 12.2. The molecule has 1 saturated carbocycles. The average molecular weight is 311 g/mol. The molecule has 0 radical (unpaired) electrons. The van der Waals surface area contributed by atoms with Crippen molar-refractivity contribution >= 4 is 21.7 Å². The van der Waals surface area contributed by atoms with E-state index in [4.69, 9.17) is 5.11 Å². The number of benzene rings is 1. The van der Waals surface area contributed by atoms with Gasteiger partial charge in [-0.1, -0.05) is 12.1 Å². The maximum atomic E-state index is 12.2. The minimum atomic E-state index is -3.44. The summed E-state index contributed by atoms with van der Waals surface area (Å²) in [6.45, 7) is 0.177. The Kier molecular flexibility index (Phi) is 4.04. The van der Waals surface area contributed by atoms with E-state index in [1.54, 1.807) is 12.1 Å². The van der Waals surface area contributed by atoms with E-state index >= 15 is 0 Å². The molecule has 0 heterocycles. The third-order valence-electron chi connectivity index (χ3n) is 3.94. The molecule has 1 aromatic carbocycles. The summed E-state index contributed by atoms with van der Waals surface area (Å²) >= 11 is 0. The van der Waals surface area contributed by atoms with E-state index in [0.717, 1.165) is 18.2 Å². The van der Waals surface area contributed by atoms with Gasteiger partial charge in [-0.2, -0.15) is 0 Å². The molecule has 1 aliphatic rings. The number of carbonyl (C=O) groups excluding carboxylic acids is 1. The normalized spacial score (nSPS) is 16.8. The van der Waals surface area contributed by atoms with Crippen LogP contribution in [0, 0.1) is 0 Å². The fourth-order valence-electron chi connectivity index (χ4n) is 2.37. The number of carboxylic acids is 1. The molecule has 0 spiro atoms. The lowest BCUT2D eigenvalue weighted by atomic mass is 9.83. The van der Waals surface area contributed by atoms with E-state index in [1.807, 2.05) is 0 Å². The van der Waals surface area contributed by atoms with Crippen molar-refractivity contribution in [1.82, 2.24) is 5.32 Å². The Morgan fingerprint density at radius 1 is 1.24 bits per heavy atom. The van der Waals surface area contributed by atoms with E-state index < -0.39 is 26.5 Å². The molecule has 0 unspecified atom stereocenters. The topological polar surface area (TPSA) is 101 Å². The van der Waals surface area contributed by atoms with Gasteiger partial charge in [-0.3, -0.25) is 4.79 Å². The zero-order chi connectivity index (χ0) is 15.7. The van der Waals surface area contributed by atoms with Gasteiger partial charge in [0.1, 0.15) is 4.75 Å². The molecular weight excluding hydrogens is 294 g/mol. The number of rotatable bonds is 5. The van der Waals surface area contributed by atoms with Crippen molar-refractivity contribution in [3.8, 4) is 0 Å². The lowest BCUT2D eigenvalue weighted by Gasteiger charge is -2.38. The van der Waals surface area contributed by atoms with Gasteiger partial charge in [-0.25, -0.2) is 13.2 Å². The second kappa shape index (κ2) is 5.48. The summed E-state index contributed by atoms with van der Waals surface area (Å²) < 4.78 is 22.3. The highest BCUT2D eigenvalue weighted by atomic mass is 32.2. The molecule has 1 aromatic rings. The summed E-state index contributed by atoms with van der Waals surface area (Å²) in [5.41, 5.74) is 0.882. The molecule has 21 heavy (non-hydrogen) atoms. The Labute approximate surface area is 123 Å². The Morgan fingerprint density at radius 3 is 2.19 bits per heavy atom. The Balaban J connectivity index is 2.03. The second-order valence-electron chi connectivity index (χ2n) is 5.30. The molecule has 114 valence electrons. The number of hydrogen-bond donors (Lipinski definition) is 2. The molecule has 0 aromatic heterocycles. The number of aromatic carboxylic acids is 1. The van der Waals surface area contributed by atoms with Crippen molar-refractivity contribution in [2.24, 2.45) is 0 Å². The predicted molar refractivity (Wildman–Crippen MR) is 76.7 cm³/mol. The van der Waals surface area contributed by atoms with Gasteiger partial charge in [0.15, 0.2) is 9.84 Å². The number of sulfone groups is 1. The minimum Gasteiger partial charge on any atom is -0.478 e. The zero-order valence-corrected chi connectivity index (χ0v) is 12.4. The SMILES string of the molecule is CS(=O)(=O)C1(C(=O)NCc2ccc(C(=O)O)cc2)CCC1. The van der Waals surface area contributed by atoms with Gasteiger partial charge >= 0.3 is 5.97 Å². The number of carboxylic acid groups (broad SMARTS) is 1. The van der Waals surface area contributed by atoms with Crippen molar-refractivity contribution < 1.29 is 23.1 Å². The molecule has 2 N–H and O–H groups in total. The van der Waals surface area contributed by atoms with Gasteiger partial charge in [0.2, 0.25) is 5.91 Å². The largest absolute Gasteiger partial charge is 0.478 e. The van der Waals surface area contributed by atoms with Crippen molar-refractivity contribution in [3.63, 3.8) is 0 Å². The smallest absolute Gasteiger partial charge is 0.335 e. The standard InChI is InChI=1S/C14H17NO5S/c1-21(19,20)14(7-2-8-14)13(18)15-9-10-3-5-11(6-4-10)12(16)17/h3-6H,2,7-9H2,1H3,(H,15,18)(H,16,17). The molecule has 7 heteroatoms. The van der Waals surface area contributed by atoms with Gasteiger partial charge < -0.3 is 10.4 Å². The highest BCUT2D eigenvalue weighted by molar-refractivity contribution is 7.93. The lowest BCUT2D eigenvalue weighted by molar-refractivity contribution is -0.125. The number of amides is 1. The number of hydrogen-bond acceptors (Lipinski definition) is 4. The summed E-state index contributed by atoms with van der Waals surface area (Å²) in [6, 6.07) is 6.08. The van der Waals surface area contributed by atoms with Crippen LogP contribution < -0.4 is 5.32 Å². The van der Waals surface area contributed by atoms with Crippen LogP contribution >= 0.6 is 0 Å². The highest BCUT2D eigenvalue weighted by Crippen LogP contribution is 2.39. The van der Waals surface area contributed by atoms with E-state index in [9.17, 15) is 18.0 Å². The monoisotopic (exact) mass is 311 g/mol. The Bertz CT molecular complexity index is 659. The van der Waals surface area contributed by atoms with Gasteiger partial charge in [-0.15, -0.1) is 0 Å². The number of nitrogens with one attached hydrogen (secondary N) is 1. The van der Waals surface area contributed by atoms with Crippen LogP contribution in [0.3, 0.4) is 0 Å². The summed E-state index contributed by atoms with van der Waals surface area (Å²) in [4.78, 5) is 22.9. The average Bonchev–Trinajstić information content (AvgIpc) is 2.33. The molecule has 2 rings (SSSR count). The van der Waals surface area contributed by atoms with Crippen molar-refractivity contribution in [2.75, 3.05) is 6.26 Å². The van der Waals surface area contributed by atoms with Crippen LogP contribution in [0.25, 0.3) is 0 Å². The van der Waals surface area contributed by atoms with Crippen LogP contribution in [0.1, 0.15) is 35.2 Å². The first kappa shape index (κ1) is 15.5. The van der Waals surface area contributed by atoms with E-state index in [-0.39, 0.29) is 12.1 Å². The lowest BCUT2D eigenvalue weighted by Crippen LogP contribution is -2.56. The highest BCUT2D eigenvalue weighted by Gasteiger charge is 2.52. The van der Waals surface area contributed by atoms with E-state index in [1.165, 1.54) is 12.1 Å². The Morgan fingerprint density at radius 2 is 1.81 bits per heavy atom. The van der Waals surface area contributed by atoms with E-state index in [0.29, 0.717) is 12.8 Å². The van der Waals surface area contributed by atoms with Gasteiger partial charge in [-0.05, 0) is 37.0 Å². The molecule has 1 fully saturated rings. The fraction of sp³-hybridized carbons (Fsp3) is 0.429. The molecule has 0 bridgehead atoms. The molecule has 1 amide bonds. The maximum Gasteiger partial charge on any atom is 0.335 e. The third-order valence-corrected chi connectivity index (χ3v) is 5.95. The first-order valence-corrected chi connectivity index (χ1v) is 8.45. The molecular formula is C14H17NO5S. The summed E-state index contributed by atoms with van der Waals surface area (Å²) in [5, 5.41) is 11.4. The second-order valence-corrected chi connectivity index (χ2v) is 7.63. The first-order chi connectivity index (χ1) is 9.76. The predicted octanol–water partition coefficient (Wildman–Crippen LogP) is 0.968. The van der Waals surface area contributed by atoms with Crippen molar-refractivity contribution in [1.29, 1.82) is 0 Å². The van der Waals surface area contributed by atoms with Gasteiger partial charge in [0.25, 0.3) is 0 Å². The van der Waals surface area contributed by atoms with Crippen LogP contribution in [-0.2, 0) is 21.2 Å². The van der Waals surface area contributed by atoms with Crippen molar-refractivity contribution in [3.05, 3.63) is 35.4 Å². The van der Waals surface area contributed by atoms with E-state index in [2.05, 4.69) is 5.32 Å². The van der Waals surface area contributed by atoms with Gasteiger partial charge in [0, 0.05) is 12.8 Å². The van der Waals surface area contributed by atoms with Crippen LogP contribution in [0.15, 0.2) is 24.3 Å². The minimum absolute atomic E-state index is 0.164.